The highest BCUT2D eigenvalue weighted by molar-refractivity contribution is 7.19. The number of rotatable bonds is 2. The van der Waals surface area contributed by atoms with Crippen LogP contribution in [-0.2, 0) is 17.8 Å². The normalized spacial score (nSPS) is 22.5. The third kappa shape index (κ3) is 2.66. The molecule has 2 N–H and O–H groups in total. The molecule has 0 spiro atoms. The maximum atomic E-state index is 12.6. The van der Waals surface area contributed by atoms with E-state index in [-0.39, 0.29) is 11.9 Å². The van der Waals surface area contributed by atoms with Crippen molar-refractivity contribution in [3.05, 3.63) is 34.7 Å². The van der Waals surface area contributed by atoms with Crippen molar-refractivity contribution in [2.75, 3.05) is 0 Å². The summed E-state index contributed by atoms with van der Waals surface area (Å²) in [6.45, 7) is 0.817. The van der Waals surface area contributed by atoms with Gasteiger partial charge in [-0.15, -0.1) is 11.3 Å². The van der Waals surface area contributed by atoms with E-state index in [4.69, 9.17) is 0 Å². The van der Waals surface area contributed by atoms with E-state index in [1.807, 2.05) is 11.3 Å². The van der Waals surface area contributed by atoms with Crippen molar-refractivity contribution in [2.45, 2.75) is 57.2 Å². The van der Waals surface area contributed by atoms with Gasteiger partial charge >= 0.3 is 0 Å². The van der Waals surface area contributed by atoms with Crippen LogP contribution >= 0.6 is 11.3 Å². The number of hydrogen-bond acceptors (Lipinski definition) is 3. The average molecular weight is 314 g/mol. The Hall–Kier alpha value is -1.39. The quantitative estimate of drug-likeness (QED) is 0.892. The van der Waals surface area contributed by atoms with Gasteiger partial charge in [0.15, 0.2) is 0 Å². The van der Waals surface area contributed by atoms with Gasteiger partial charge in [0.05, 0.1) is 6.04 Å². The second-order valence-electron chi connectivity index (χ2n) is 6.48. The highest BCUT2D eigenvalue weighted by atomic mass is 32.1. The zero-order valence-corrected chi connectivity index (χ0v) is 13.5. The van der Waals surface area contributed by atoms with Gasteiger partial charge in [-0.3, -0.25) is 4.79 Å². The highest BCUT2D eigenvalue weighted by Crippen LogP contribution is 2.34. The van der Waals surface area contributed by atoms with Crippen LogP contribution in [0.5, 0.6) is 0 Å². The number of nitrogens with one attached hydrogen (secondary N) is 2. The summed E-state index contributed by atoms with van der Waals surface area (Å²) in [4.78, 5) is 14.0. The van der Waals surface area contributed by atoms with E-state index in [0.29, 0.717) is 6.04 Å². The summed E-state index contributed by atoms with van der Waals surface area (Å²) >= 11 is 1.85. The summed E-state index contributed by atoms with van der Waals surface area (Å²) in [6, 6.07) is 8.86. The van der Waals surface area contributed by atoms with Crippen LogP contribution in [0.3, 0.4) is 0 Å². The van der Waals surface area contributed by atoms with Crippen molar-refractivity contribution >= 4 is 27.3 Å². The molecule has 116 valence electrons. The number of carbonyl (C=O) groups is 1. The molecule has 2 aromatic rings. The number of fused-ring (bicyclic) bond motifs is 3. The summed E-state index contributed by atoms with van der Waals surface area (Å²) in [5.41, 5.74) is 1.38. The SMILES string of the molecule is O=C(NC1CCCCC1)[C@@H]1Cc2c(sc3ccccc23)CN1. The molecular weight excluding hydrogens is 292 g/mol. The molecule has 1 aromatic heterocycles. The molecule has 4 rings (SSSR count). The number of hydrogen-bond donors (Lipinski definition) is 2. The van der Waals surface area contributed by atoms with Crippen LogP contribution in [0.4, 0.5) is 0 Å². The Morgan fingerprint density at radius 2 is 2.00 bits per heavy atom. The number of carbonyl (C=O) groups excluding carboxylic acids is 1. The Labute approximate surface area is 135 Å². The molecule has 1 aromatic carbocycles. The number of thiophene rings is 1. The summed E-state index contributed by atoms with van der Waals surface area (Å²) in [5, 5.41) is 8.02. The van der Waals surface area contributed by atoms with E-state index in [2.05, 4.69) is 34.9 Å². The molecule has 0 bridgehead atoms. The molecule has 2 aliphatic rings. The van der Waals surface area contributed by atoms with Crippen molar-refractivity contribution in [1.82, 2.24) is 10.6 Å². The first-order valence-electron chi connectivity index (χ1n) is 8.34. The van der Waals surface area contributed by atoms with Crippen molar-refractivity contribution in [2.24, 2.45) is 0 Å². The Morgan fingerprint density at radius 1 is 1.18 bits per heavy atom. The largest absolute Gasteiger partial charge is 0.352 e. The summed E-state index contributed by atoms with van der Waals surface area (Å²) < 4.78 is 1.34. The fourth-order valence-electron chi connectivity index (χ4n) is 3.74. The lowest BCUT2D eigenvalue weighted by atomic mass is 9.94. The first-order chi connectivity index (χ1) is 10.8. The fourth-order valence-corrected chi connectivity index (χ4v) is 4.93. The van der Waals surface area contributed by atoms with E-state index < -0.39 is 0 Å². The molecule has 1 aliphatic heterocycles. The zero-order valence-electron chi connectivity index (χ0n) is 12.7. The lowest BCUT2D eigenvalue weighted by Gasteiger charge is -2.28. The van der Waals surface area contributed by atoms with Gasteiger partial charge < -0.3 is 10.6 Å². The van der Waals surface area contributed by atoms with E-state index in [9.17, 15) is 4.79 Å². The maximum absolute atomic E-state index is 12.6. The lowest BCUT2D eigenvalue weighted by Crippen LogP contribution is -2.50. The molecule has 0 saturated heterocycles. The summed E-state index contributed by atoms with van der Waals surface area (Å²) in [7, 11) is 0. The second kappa shape index (κ2) is 6.01. The van der Waals surface area contributed by atoms with Gasteiger partial charge in [0.1, 0.15) is 0 Å². The third-order valence-electron chi connectivity index (χ3n) is 4.97. The average Bonchev–Trinajstić information content (AvgIpc) is 2.93. The minimum Gasteiger partial charge on any atom is -0.352 e. The molecule has 2 heterocycles. The van der Waals surface area contributed by atoms with E-state index >= 15 is 0 Å². The molecule has 1 amide bonds. The number of amides is 1. The van der Waals surface area contributed by atoms with E-state index in [1.54, 1.807) is 0 Å². The number of benzene rings is 1. The predicted molar refractivity (Wildman–Crippen MR) is 91.2 cm³/mol. The molecule has 1 atom stereocenters. The molecule has 22 heavy (non-hydrogen) atoms. The topological polar surface area (TPSA) is 41.1 Å². The van der Waals surface area contributed by atoms with Crippen LogP contribution in [0.1, 0.15) is 42.5 Å². The Kier molecular flexibility index (Phi) is 3.89. The highest BCUT2D eigenvalue weighted by Gasteiger charge is 2.28. The van der Waals surface area contributed by atoms with Crippen molar-refractivity contribution in [3.63, 3.8) is 0 Å². The van der Waals surface area contributed by atoms with Crippen LogP contribution in [0.25, 0.3) is 10.1 Å². The van der Waals surface area contributed by atoms with Gasteiger partial charge in [-0.1, -0.05) is 37.5 Å². The molecule has 4 heteroatoms. The van der Waals surface area contributed by atoms with Gasteiger partial charge in [0.2, 0.25) is 5.91 Å². The molecular formula is C18H22N2OS. The zero-order chi connectivity index (χ0) is 14.9. The van der Waals surface area contributed by atoms with Gasteiger partial charge in [0.25, 0.3) is 0 Å². The first kappa shape index (κ1) is 14.2. The van der Waals surface area contributed by atoms with Crippen LogP contribution in [0.15, 0.2) is 24.3 Å². The smallest absolute Gasteiger partial charge is 0.237 e. The van der Waals surface area contributed by atoms with Crippen molar-refractivity contribution < 1.29 is 4.79 Å². The Morgan fingerprint density at radius 3 is 2.86 bits per heavy atom. The van der Waals surface area contributed by atoms with E-state index in [0.717, 1.165) is 25.8 Å². The van der Waals surface area contributed by atoms with Gasteiger partial charge in [-0.25, -0.2) is 0 Å². The standard InChI is InChI=1S/C18H22N2OS/c21-18(20-12-6-2-1-3-7-12)15-10-14-13-8-4-5-9-16(13)22-17(14)11-19-15/h4-5,8-9,12,15,19H,1-3,6-7,10-11H2,(H,20,21)/t15-/m0/s1. The second-order valence-corrected chi connectivity index (χ2v) is 7.62. The van der Waals surface area contributed by atoms with Crippen LogP contribution in [-0.4, -0.2) is 18.0 Å². The van der Waals surface area contributed by atoms with Gasteiger partial charge in [-0.05, 0) is 36.3 Å². The predicted octanol–water partition coefficient (Wildman–Crippen LogP) is 3.36. The molecule has 3 nitrogen and oxygen atoms in total. The van der Waals surface area contributed by atoms with Gasteiger partial charge in [0, 0.05) is 22.2 Å². The molecule has 1 aliphatic carbocycles. The molecule has 0 unspecified atom stereocenters. The lowest BCUT2D eigenvalue weighted by molar-refractivity contribution is -0.124. The molecule has 1 fully saturated rings. The Bertz CT molecular complexity index is 687. The van der Waals surface area contributed by atoms with E-state index in [1.165, 1.54) is 39.8 Å². The summed E-state index contributed by atoms with van der Waals surface area (Å²) in [5.74, 6) is 0.188. The van der Waals surface area contributed by atoms with Crippen LogP contribution in [0.2, 0.25) is 0 Å². The first-order valence-corrected chi connectivity index (χ1v) is 9.16. The minimum atomic E-state index is -0.0765. The maximum Gasteiger partial charge on any atom is 0.237 e. The van der Waals surface area contributed by atoms with Crippen LogP contribution < -0.4 is 10.6 Å². The van der Waals surface area contributed by atoms with Crippen LogP contribution in [0, 0.1) is 0 Å². The van der Waals surface area contributed by atoms with Crippen molar-refractivity contribution in [1.29, 1.82) is 0 Å². The molecule has 1 saturated carbocycles. The monoisotopic (exact) mass is 314 g/mol. The fraction of sp³-hybridized carbons (Fsp3) is 0.500. The third-order valence-corrected chi connectivity index (χ3v) is 6.18. The minimum absolute atomic E-state index is 0.0765. The Balaban J connectivity index is 1.50. The van der Waals surface area contributed by atoms with Gasteiger partial charge in [-0.2, -0.15) is 0 Å². The van der Waals surface area contributed by atoms with Crippen molar-refractivity contribution in [3.8, 4) is 0 Å². The summed E-state index contributed by atoms with van der Waals surface area (Å²) in [6.07, 6.45) is 6.93. The molecule has 0 radical (unpaired) electrons.